The van der Waals surface area contributed by atoms with E-state index in [9.17, 15) is 9.59 Å². The Kier molecular flexibility index (Phi) is 3.67. The largest absolute Gasteiger partial charge is 0.481 e. The lowest BCUT2D eigenvalue weighted by atomic mass is 10.2. The van der Waals surface area contributed by atoms with Crippen LogP contribution < -0.4 is 5.32 Å². The summed E-state index contributed by atoms with van der Waals surface area (Å²) >= 11 is 0. The number of hydrogen-bond acceptors (Lipinski definition) is 2. The second-order valence-corrected chi connectivity index (χ2v) is 2.72. The Hall–Kier alpha value is -1.84. The zero-order valence-electron chi connectivity index (χ0n) is 7.49. The van der Waals surface area contributed by atoms with Crippen LogP contribution in [0, 0.1) is 6.07 Å². The fourth-order valence-electron chi connectivity index (χ4n) is 0.904. The molecule has 0 saturated carbocycles. The lowest BCUT2D eigenvalue weighted by Gasteiger charge is -2.02. The van der Waals surface area contributed by atoms with Crippen LogP contribution >= 0.6 is 0 Å². The summed E-state index contributed by atoms with van der Waals surface area (Å²) in [5.41, 5.74) is 0.558. The zero-order valence-corrected chi connectivity index (χ0v) is 7.49. The molecular weight excluding hydrogens is 182 g/mol. The third kappa shape index (κ3) is 3.71. The van der Waals surface area contributed by atoms with Gasteiger partial charge in [0.05, 0.1) is 6.42 Å². The number of benzene rings is 1. The molecule has 0 spiro atoms. The van der Waals surface area contributed by atoms with E-state index in [2.05, 4.69) is 11.4 Å². The SMILES string of the molecule is O=C(O)CCC(=O)Nc1[c]cccc1. The molecule has 0 saturated heterocycles. The first kappa shape index (κ1) is 10.2. The lowest BCUT2D eigenvalue weighted by molar-refractivity contribution is -0.138. The highest BCUT2D eigenvalue weighted by Crippen LogP contribution is 2.04. The first-order chi connectivity index (χ1) is 6.68. The van der Waals surface area contributed by atoms with Crippen molar-refractivity contribution in [3.63, 3.8) is 0 Å². The molecule has 0 aliphatic heterocycles. The Labute approximate surface area is 81.6 Å². The van der Waals surface area contributed by atoms with Crippen LogP contribution in [0.2, 0.25) is 0 Å². The number of nitrogens with one attached hydrogen (secondary N) is 1. The predicted octanol–water partition coefficient (Wildman–Crippen LogP) is 1.29. The number of carbonyl (C=O) groups excluding carboxylic acids is 1. The summed E-state index contributed by atoms with van der Waals surface area (Å²) < 4.78 is 0. The first-order valence-corrected chi connectivity index (χ1v) is 4.17. The van der Waals surface area contributed by atoms with E-state index in [1.165, 1.54) is 0 Å². The van der Waals surface area contributed by atoms with E-state index >= 15 is 0 Å². The van der Waals surface area contributed by atoms with Crippen LogP contribution in [-0.2, 0) is 9.59 Å². The van der Waals surface area contributed by atoms with Crippen LogP contribution in [0.25, 0.3) is 0 Å². The van der Waals surface area contributed by atoms with Crippen molar-refractivity contribution >= 4 is 17.6 Å². The quantitative estimate of drug-likeness (QED) is 0.755. The van der Waals surface area contributed by atoms with Gasteiger partial charge in [-0.1, -0.05) is 18.2 Å². The standard InChI is InChI=1S/C10H10NO3/c12-9(6-7-10(13)14)11-8-4-2-1-3-5-8/h1-4H,6-7H2,(H,11,12)(H,13,14). The van der Waals surface area contributed by atoms with Crippen LogP contribution in [-0.4, -0.2) is 17.0 Å². The van der Waals surface area contributed by atoms with Crippen molar-refractivity contribution in [3.05, 3.63) is 30.3 Å². The molecule has 0 bridgehead atoms. The van der Waals surface area contributed by atoms with E-state index < -0.39 is 5.97 Å². The van der Waals surface area contributed by atoms with Crippen LogP contribution in [0.1, 0.15) is 12.8 Å². The summed E-state index contributed by atoms with van der Waals surface area (Å²) in [5.74, 6) is -1.29. The molecule has 73 valence electrons. The molecule has 0 aliphatic carbocycles. The van der Waals surface area contributed by atoms with Crippen molar-refractivity contribution in [1.29, 1.82) is 0 Å². The average Bonchev–Trinajstić information content (AvgIpc) is 2.16. The smallest absolute Gasteiger partial charge is 0.303 e. The molecule has 0 heterocycles. The summed E-state index contributed by atoms with van der Waals surface area (Å²) in [4.78, 5) is 21.3. The van der Waals surface area contributed by atoms with Crippen LogP contribution in [0.15, 0.2) is 24.3 Å². The second-order valence-electron chi connectivity index (χ2n) is 2.72. The van der Waals surface area contributed by atoms with Crippen molar-refractivity contribution in [2.45, 2.75) is 12.8 Å². The third-order valence-corrected chi connectivity index (χ3v) is 1.55. The van der Waals surface area contributed by atoms with Gasteiger partial charge in [-0.2, -0.15) is 0 Å². The van der Waals surface area contributed by atoms with Crippen LogP contribution in [0.3, 0.4) is 0 Å². The molecule has 0 fully saturated rings. The van der Waals surface area contributed by atoms with Gasteiger partial charge in [0.25, 0.3) is 0 Å². The highest BCUT2D eigenvalue weighted by atomic mass is 16.4. The molecule has 1 aromatic carbocycles. The molecule has 0 atom stereocenters. The van der Waals surface area contributed by atoms with E-state index in [0.717, 1.165) is 0 Å². The highest BCUT2D eigenvalue weighted by molar-refractivity contribution is 5.92. The molecule has 1 aromatic rings. The summed E-state index contributed by atoms with van der Waals surface area (Å²) in [6, 6.07) is 9.73. The maximum atomic E-state index is 11.1. The molecule has 14 heavy (non-hydrogen) atoms. The number of carboxylic acid groups (broad SMARTS) is 1. The van der Waals surface area contributed by atoms with E-state index in [0.29, 0.717) is 5.69 Å². The minimum atomic E-state index is -0.975. The molecular formula is C10H10NO3. The van der Waals surface area contributed by atoms with Gasteiger partial charge in [0.15, 0.2) is 0 Å². The Bertz CT molecular complexity index is 321. The Balaban J connectivity index is 2.38. The normalized spacial score (nSPS) is 9.43. The van der Waals surface area contributed by atoms with Gasteiger partial charge in [-0.05, 0) is 6.07 Å². The van der Waals surface area contributed by atoms with Gasteiger partial charge in [-0.3, -0.25) is 9.59 Å². The molecule has 0 aliphatic rings. The number of amides is 1. The molecule has 4 nitrogen and oxygen atoms in total. The number of hydrogen-bond donors (Lipinski definition) is 2. The Morgan fingerprint density at radius 2 is 2.14 bits per heavy atom. The van der Waals surface area contributed by atoms with Gasteiger partial charge in [0.2, 0.25) is 5.91 Å². The van der Waals surface area contributed by atoms with Gasteiger partial charge in [0, 0.05) is 18.2 Å². The predicted molar refractivity (Wildman–Crippen MR) is 50.8 cm³/mol. The van der Waals surface area contributed by atoms with Crippen molar-refractivity contribution in [2.24, 2.45) is 0 Å². The highest BCUT2D eigenvalue weighted by Gasteiger charge is 2.04. The molecule has 0 unspecified atom stereocenters. The monoisotopic (exact) mass is 192 g/mol. The molecule has 0 aromatic heterocycles. The van der Waals surface area contributed by atoms with Crippen molar-refractivity contribution in [1.82, 2.24) is 0 Å². The number of para-hydroxylation sites is 1. The molecule has 2 N–H and O–H groups in total. The minimum Gasteiger partial charge on any atom is -0.481 e. The lowest BCUT2D eigenvalue weighted by Crippen LogP contribution is -2.13. The summed E-state index contributed by atoms with van der Waals surface area (Å²) in [5, 5.41) is 10.9. The van der Waals surface area contributed by atoms with Gasteiger partial charge in [-0.15, -0.1) is 0 Å². The maximum Gasteiger partial charge on any atom is 0.303 e. The van der Waals surface area contributed by atoms with Crippen molar-refractivity contribution in [3.8, 4) is 0 Å². The van der Waals surface area contributed by atoms with Gasteiger partial charge >= 0.3 is 5.97 Å². The van der Waals surface area contributed by atoms with Gasteiger partial charge in [-0.25, -0.2) is 0 Å². The molecule has 4 heteroatoms. The van der Waals surface area contributed by atoms with Gasteiger partial charge in [0.1, 0.15) is 0 Å². The Morgan fingerprint density at radius 1 is 1.36 bits per heavy atom. The number of carbonyl (C=O) groups is 2. The third-order valence-electron chi connectivity index (χ3n) is 1.55. The number of aliphatic carboxylic acids is 1. The average molecular weight is 192 g/mol. The van der Waals surface area contributed by atoms with Crippen molar-refractivity contribution < 1.29 is 14.7 Å². The minimum absolute atomic E-state index is 0.0158. The topological polar surface area (TPSA) is 66.4 Å². The number of rotatable bonds is 4. The summed E-state index contributed by atoms with van der Waals surface area (Å²) in [7, 11) is 0. The fourth-order valence-corrected chi connectivity index (χ4v) is 0.904. The first-order valence-electron chi connectivity index (χ1n) is 4.17. The van der Waals surface area contributed by atoms with E-state index in [1.54, 1.807) is 24.3 Å². The number of anilines is 1. The molecule has 1 amide bonds. The van der Waals surface area contributed by atoms with Crippen LogP contribution in [0.4, 0.5) is 5.69 Å². The maximum absolute atomic E-state index is 11.1. The molecule has 1 rings (SSSR count). The summed E-state index contributed by atoms with van der Waals surface area (Å²) in [6.07, 6.45) is -0.170. The second kappa shape index (κ2) is 5.01. The molecule has 1 radical (unpaired) electrons. The zero-order chi connectivity index (χ0) is 10.4. The van der Waals surface area contributed by atoms with E-state index in [1.807, 2.05) is 0 Å². The fraction of sp³-hybridized carbons (Fsp3) is 0.200. The number of carboxylic acids is 1. The van der Waals surface area contributed by atoms with E-state index in [4.69, 9.17) is 5.11 Å². The van der Waals surface area contributed by atoms with Crippen LogP contribution in [0.5, 0.6) is 0 Å². The van der Waals surface area contributed by atoms with E-state index in [-0.39, 0.29) is 18.7 Å². The Morgan fingerprint density at radius 3 is 2.71 bits per heavy atom. The van der Waals surface area contributed by atoms with Crippen molar-refractivity contribution in [2.75, 3.05) is 5.32 Å². The summed E-state index contributed by atoms with van der Waals surface area (Å²) in [6.45, 7) is 0. The van der Waals surface area contributed by atoms with Gasteiger partial charge < -0.3 is 10.4 Å².